The van der Waals surface area contributed by atoms with E-state index in [1.54, 1.807) is 25.2 Å². The standard InChI is InChI=1S/C20H21N3O4/c1-13-7-5-8-14(11-13)19-21-17(27-22-19)12-23(2)20(24)15-9-6-10-16(25-3)18(15)26-4/h5-11H,12H2,1-4H3. The van der Waals surface area contributed by atoms with Gasteiger partial charge in [0.25, 0.3) is 5.91 Å². The molecule has 1 amide bonds. The van der Waals surface area contributed by atoms with Crippen LogP contribution in [0, 0.1) is 6.92 Å². The third kappa shape index (κ3) is 3.92. The molecule has 7 nitrogen and oxygen atoms in total. The van der Waals surface area contributed by atoms with Gasteiger partial charge in [0.05, 0.1) is 19.8 Å². The molecule has 0 N–H and O–H groups in total. The van der Waals surface area contributed by atoms with E-state index in [1.165, 1.54) is 19.1 Å². The quantitative estimate of drug-likeness (QED) is 0.665. The van der Waals surface area contributed by atoms with Gasteiger partial charge in [-0.3, -0.25) is 4.79 Å². The maximum Gasteiger partial charge on any atom is 0.257 e. The van der Waals surface area contributed by atoms with E-state index in [9.17, 15) is 4.79 Å². The van der Waals surface area contributed by atoms with Crippen molar-refractivity contribution in [3.8, 4) is 22.9 Å². The summed E-state index contributed by atoms with van der Waals surface area (Å²) in [6.07, 6.45) is 0. The largest absolute Gasteiger partial charge is 0.493 e. The van der Waals surface area contributed by atoms with Gasteiger partial charge in [0.1, 0.15) is 6.54 Å². The number of benzene rings is 2. The van der Waals surface area contributed by atoms with Crippen molar-refractivity contribution in [3.05, 3.63) is 59.5 Å². The van der Waals surface area contributed by atoms with Gasteiger partial charge in [-0.15, -0.1) is 0 Å². The zero-order valence-electron chi connectivity index (χ0n) is 15.7. The SMILES string of the molecule is COc1cccc(C(=O)N(C)Cc2nc(-c3cccc(C)c3)no2)c1OC. The summed E-state index contributed by atoms with van der Waals surface area (Å²) in [5, 5.41) is 4.01. The molecule has 2 aromatic carbocycles. The molecular weight excluding hydrogens is 346 g/mol. The predicted molar refractivity (Wildman–Crippen MR) is 99.8 cm³/mol. The number of rotatable bonds is 6. The van der Waals surface area contributed by atoms with E-state index in [1.807, 2.05) is 31.2 Å². The highest BCUT2D eigenvalue weighted by Gasteiger charge is 2.21. The number of hydrogen-bond donors (Lipinski definition) is 0. The van der Waals surface area contributed by atoms with Crippen molar-refractivity contribution in [2.45, 2.75) is 13.5 Å². The number of carbonyl (C=O) groups is 1. The van der Waals surface area contributed by atoms with E-state index >= 15 is 0 Å². The third-order valence-corrected chi connectivity index (χ3v) is 4.10. The molecule has 0 aliphatic heterocycles. The lowest BCUT2D eigenvalue weighted by Gasteiger charge is -2.18. The number of carbonyl (C=O) groups excluding carboxylic acids is 1. The first-order chi connectivity index (χ1) is 13.0. The van der Waals surface area contributed by atoms with Gasteiger partial charge in [0.15, 0.2) is 11.5 Å². The molecular formula is C20H21N3O4. The maximum atomic E-state index is 12.8. The first kappa shape index (κ1) is 18.4. The van der Waals surface area contributed by atoms with Gasteiger partial charge in [-0.25, -0.2) is 0 Å². The van der Waals surface area contributed by atoms with Crippen LogP contribution in [0.1, 0.15) is 21.8 Å². The zero-order chi connectivity index (χ0) is 19.4. The van der Waals surface area contributed by atoms with Crippen LogP contribution in [0.15, 0.2) is 47.0 Å². The molecule has 0 bridgehead atoms. The number of ether oxygens (including phenoxy) is 2. The zero-order valence-corrected chi connectivity index (χ0v) is 15.7. The number of aromatic nitrogens is 2. The summed E-state index contributed by atoms with van der Waals surface area (Å²) in [6.45, 7) is 2.18. The molecule has 1 heterocycles. The second-order valence-electron chi connectivity index (χ2n) is 6.08. The van der Waals surface area contributed by atoms with Crippen LogP contribution >= 0.6 is 0 Å². The van der Waals surface area contributed by atoms with Gasteiger partial charge in [0.2, 0.25) is 11.7 Å². The fourth-order valence-electron chi connectivity index (χ4n) is 2.76. The Balaban J connectivity index is 1.78. The third-order valence-electron chi connectivity index (χ3n) is 4.10. The maximum absolute atomic E-state index is 12.8. The molecule has 7 heteroatoms. The van der Waals surface area contributed by atoms with Crippen molar-refractivity contribution < 1.29 is 18.8 Å². The van der Waals surface area contributed by atoms with Crippen LogP contribution in [-0.4, -0.2) is 42.2 Å². The molecule has 0 aliphatic rings. The van der Waals surface area contributed by atoms with Gasteiger partial charge in [0, 0.05) is 12.6 Å². The summed E-state index contributed by atoms with van der Waals surface area (Å²) in [6, 6.07) is 13.0. The highest BCUT2D eigenvalue weighted by Crippen LogP contribution is 2.31. The van der Waals surface area contributed by atoms with Crippen molar-refractivity contribution in [3.63, 3.8) is 0 Å². The van der Waals surface area contributed by atoms with Gasteiger partial charge < -0.3 is 18.9 Å². The molecule has 0 aliphatic carbocycles. The Morgan fingerprint density at radius 1 is 1.15 bits per heavy atom. The average molecular weight is 367 g/mol. The van der Waals surface area contributed by atoms with E-state index in [0.717, 1.165) is 11.1 Å². The first-order valence-electron chi connectivity index (χ1n) is 8.39. The summed E-state index contributed by atoms with van der Waals surface area (Å²) in [5.41, 5.74) is 2.38. The van der Waals surface area contributed by atoms with E-state index in [-0.39, 0.29) is 12.5 Å². The fraction of sp³-hybridized carbons (Fsp3) is 0.250. The Morgan fingerprint density at radius 2 is 1.93 bits per heavy atom. The molecule has 0 radical (unpaired) electrons. The summed E-state index contributed by atoms with van der Waals surface area (Å²) < 4.78 is 15.9. The Bertz CT molecular complexity index is 952. The average Bonchev–Trinajstić information content (AvgIpc) is 3.15. The summed E-state index contributed by atoms with van der Waals surface area (Å²) in [4.78, 5) is 18.7. The van der Waals surface area contributed by atoms with Crippen molar-refractivity contribution in [1.29, 1.82) is 0 Å². The second-order valence-corrected chi connectivity index (χ2v) is 6.08. The molecule has 140 valence electrons. The summed E-state index contributed by atoms with van der Waals surface area (Å²) in [5.74, 6) is 1.50. The van der Waals surface area contributed by atoms with Gasteiger partial charge in [-0.05, 0) is 25.1 Å². The molecule has 0 spiro atoms. The van der Waals surface area contributed by atoms with Gasteiger partial charge in [-0.2, -0.15) is 4.98 Å². The van der Waals surface area contributed by atoms with Gasteiger partial charge >= 0.3 is 0 Å². The Morgan fingerprint density at radius 3 is 2.63 bits per heavy atom. The predicted octanol–water partition coefficient (Wildman–Crippen LogP) is 3.33. The second kappa shape index (κ2) is 7.90. The van der Waals surface area contributed by atoms with Crippen LogP contribution in [0.4, 0.5) is 0 Å². The summed E-state index contributed by atoms with van der Waals surface area (Å²) in [7, 11) is 4.69. The van der Waals surface area contributed by atoms with Crippen LogP contribution < -0.4 is 9.47 Å². The van der Waals surface area contributed by atoms with Crippen molar-refractivity contribution in [2.75, 3.05) is 21.3 Å². The Labute approximate surface area is 157 Å². The van der Waals surface area contributed by atoms with E-state index in [2.05, 4.69) is 10.1 Å². The minimum absolute atomic E-state index is 0.179. The molecule has 0 saturated heterocycles. The molecule has 0 atom stereocenters. The van der Waals surface area contributed by atoms with Crippen LogP contribution in [0.2, 0.25) is 0 Å². The minimum atomic E-state index is -0.235. The van der Waals surface area contributed by atoms with Gasteiger partial charge in [-0.1, -0.05) is 35.0 Å². The lowest BCUT2D eigenvalue weighted by molar-refractivity contribution is 0.0765. The minimum Gasteiger partial charge on any atom is -0.493 e. The van der Waals surface area contributed by atoms with Crippen LogP contribution in [-0.2, 0) is 6.54 Å². The number of para-hydroxylation sites is 1. The molecule has 27 heavy (non-hydrogen) atoms. The molecule has 0 unspecified atom stereocenters. The number of hydrogen-bond acceptors (Lipinski definition) is 6. The highest BCUT2D eigenvalue weighted by atomic mass is 16.5. The number of methoxy groups -OCH3 is 2. The number of aryl methyl sites for hydroxylation is 1. The Kier molecular flexibility index (Phi) is 5.40. The topological polar surface area (TPSA) is 77.7 Å². The highest BCUT2D eigenvalue weighted by molar-refractivity contribution is 5.97. The van der Waals surface area contributed by atoms with Crippen LogP contribution in [0.3, 0.4) is 0 Å². The molecule has 3 rings (SSSR count). The number of nitrogens with zero attached hydrogens (tertiary/aromatic N) is 3. The van der Waals surface area contributed by atoms with E-state index < -0.39 is 0 Å². The lowest BCUT2D eigenvalue weighted by atomic mass is 10.1. The van der Waals surface area contributed by atoms with Crippen molar-refractivity contribution in [2.24, 2.45) is 0 Å². The van der Waals surface area contributed by atoms with Crippen LogP contribution in [0.5, 0.6) is 11.5 Å². The molecule has 0 fully saturated rings. The molecule has 1 aromatic heterocycles. The lowest BCUT2D eigenvalue weighted by Crippen LogP contribution is -2.26. The number of amides is 1. The summed E-state index contributed by atoms with van der Waals surface area (Å²) >= 11 is 0. The Hall–Kier alpha value is -3.35. The smallest absolute Gasteiger partial charge is 0.257 e. The van der Waals surface area contributed by atoms with Crippen molar-refractivity contribution >= 4 is 5.91 Å². The van der Waals surface area contributed by atoms with Crippen LogP contribution in [0.25, 0.3) is 11.4 Å². The first-order valence-corrected chi connectivity index (χ1v) is 8.39. The van der Waals surface area contributed by atoms with E-state index in [4.69, 9.17) is 14.0 Å². The molecule has 3 aromatic rings. The van der Waals surface area contributed by atoms with E-state index in [0.29, 0.717) is 28.8 Å². The molecule has 0 saturated carbocycles. The monoisotopic (exact) mass is 367 g/mol. The normalized spacial score (nSPS) is 10.5. The van der Waals surface area contributed by atoms with Crippen molar-refractivity contribution in [1.82, 2.24) is 15.0 Å². The fourth-order valence-corrected chi connectivity index (χ4v) is 2.76.